The smallest absolute Gasteiger partial charge is 0.0577 e. The molecule has 1 N–H and O–H groups in total. The van der Waals surface area contributed by atoms with Gasteiger partial charge in [0.2, 0.25) is 0 Å². The molecule has 0 aromatic heterocycles. The fourth-order valence-corrected chi connectivity index (χ4v) is 8.67. The Morgan fingerprint density at radius 1 is 1.00 bits per heavy atom. The molecule has 4 aliphatic carbocycles. The lowest BCUT2D eigenvalue weighted by Gasteiger charge is -2.58. The van der Waals surface area contributed by atoms with E-state index in [2.05, 4.69) is 40.7 Å². The van der Waals surface area contributed by atoms with Crippen LogP contribution in [0.25, 0.3) is 0 Å². The molecule has 0 bridgehead atoms. The molecule has 0 unspecified atom stereocenters. The summed E-state index contributed by atoms with van der Waals surface area (Å²) in [6.07, 6.45) is 17.2. The normalized spacial score (nSPS) is 46.5. The number of allylic oxidation sites excluding steroid dienone is 1. The maximum absolute atomic E-state index is 10.2. The first-order valence-electron chi connectivity index (χ1n) is 12.6. The quantitative estimate of drug-likeness (QED) is 0.488. The molecule has 1 nitrogen and oxygen atoms in total. The topological polar surface area (TPSA) is 20.2 Å². The zero-order valence-electron chi connectivity index (χ0n) is 19.3. The van der Waals surface area contributed by atoms with E-state index in [4.69, 9.17) is 0 Å². The Bertz CT molecular complexity index is 591. The molecule has 0 aliphatic heterocycles. The van der Waals surface area contributed by atoms with Gasteiger partial charge in [0.25, 0.3) is 0 Å². The molecule has 0 radical (unpaired) electrons. The molecular weight excluding hydrogens is 340 g/mol. The molecule has 3 saturated carbocycles. The van der Waals surface area contributed by atoms with Crippen molar-refractivity contribution in [3.63, 3.8) is 0 Å². The van der Waals surface area contributed by atoms with Crippen molar-refractivity contribution >= 4 is 0 Å². The minimum Gasteiger partial charge on any atom is -0.393 e. The highest BCUT2D eigenvalue weighted by atomic mass is 16.3. The lowest BCUT2D eigenvalue weighted by Crippen LogP contribution is -2.50. The first-order chi connectivity index (χ1) is 13.3. The van der Waals surface area contributed by atoms with Gasteiger partial charge in [-0.2, -0.15) is 0 Å². The molecule has 28 heavy (non-hydrogen) atoms. The molecule has 8 atom stereocenters. The van der Waals surface area contributed by atoms with E-state index in [1.807, 2.05) is 0 Å². The van der Waals surface area contributed by atoms with Gasteiger partial charge in [-0.05, 0) is 97.7 Å². The van der Waals surface area contributed by atoms with Crippen molar-refractivity contribution in [3.8, 4) is 0 Å². The van der Waals surface area contributed by atoms with Crippen LogP contribution in [-0.4, -0.2) is 11.2 Å². The van der Waals surface area contributed by atoms with E-state index in [1.54, 1.807) is 5.57 Å². The highest BCUT2D eigenvalue weighted by Gasteiger charge is 2.59. The predicted octanol–water partition coefficient (Wildman–Crippen LogP) is 7.39. The van der Waals surface area contributed by atoms with Crippen LogP contribution in [0.3, 0.4) is 0 Å². The molecule has 160 valence electrons. The number of rotatable bonds is 5. The minimum atomic E-state index is -0.0766. The molecule has 4 rings (SSSR count). The van der Waals surface area contributed by atoms with Crippen LogP contribution in [0.5, 0.6) is 0 Å². The second-order valence-electron chi connectivity index (χ2n) is 12.2. The van der Waals surface area contributed by atoms with E-state index in [0.29, 0.717) is 10.8 Å². The fourth-order valence-electron chi connectivity index (χ4n) is 8.67. The summed E-state index contributed by atoms with van der Waals surface area (Å²) in [4.78, 5) is 0. The number of hydrogen-bond donors (Lipinski definition) is 1. The standard InChI is InChI=1S/C27H46O/c1-18(2)7-6-8-19(3)23-11-12-24-22-10-9-20-17-21(28)13-15-26(20,4)25(22)14-16-27(23,24)5/h9,18-19,21-25,28H,6-8,10-17H2,1-5H3/t19-,21+,22-,23-,24+,25-,26+,27-/m1/s1. The Labute approximate surface area is 174 Å². The van der Waals surface area contributed by atoms with Gasteiger partial charge in [0.1, 0.15) is 0 Å². The molecule has 0 aromatic rings. The third kappa shape index (κ3) is 3.42. The Morgan fingerprint density at radius 2 is 1.79 bits per heavy atom. The summed E-state index contributed by atoms with van der Waals surface area (Å²) in [5.41, 5.74) is 2.60. The maximum Gasteiger partial charge on any atom is 0.0577 e. The van der Waals surface area contributed by atoms with Gasteiger partial charge in [0.05, 0.1) is 6.10 Å². The van der Waals surface area contributed by atoms with Crippen molar-refractivity contribution < 1.29 is 5.11 Å². The summed E-state index contributed by atoms with van der Waals surface area (Å²) in [5.74, 6) is 5.46. The van der Waals surface area contributed by atoms with E-state index < -0.39 is 0 Å². The highest BCUT2D eigenvalue weighted by molar-refractivity contribution is 5.25. The van der Waals surface area contributed by atoms with Crippen molar-refractivity contribution in [2.75, 3.05) is 0 Å². The summed E-state index contributed by atoms with van der Waals surface area (Å²) >= 11 is 0. The van der Waals surface area contributed by atoms with Crippen LogP contribution in [-0.2, 0) is 0 Å². The van der Waals surface area contributed by atoms with E-state index in [1.165, 1.54) is 57.8 Å². The minimum absolute atomic E-state index is 0.0766. The summed E-state index contributed by atoms with van der Waals surface area (Å²) in [5, 5.41) is 10.2. The number of hydrogen-bond acceptors (Lipinski definition) is 1. The van der Waals surface area contributed by atoms with Crippen molar-refractivity contribution in [1.29, 1.82) is 0 Å². The monoisotopic (exact) mass is 386 g/mol. The molecule has 0 spiro atoms. The zero-order chi connectivity index (χ0) is 20.1. The van der Waals surface area contributed by atoms with Gasteiger partial charge in [0, 0.05) is 0 Å². The average molecular weight is 387 g/mol. The van der Waals surface area contributed by atoms with Crippen LogP contribution in [0, 0.1) is 46.3 Å². The van der Waals surface area contributed by atoms with Gasteiger partial charge in [0.15, 0.2) is 0 Å². The van der Waals surface area contributed by atoms with E-state index in [-0.39, 0.29) is 6.10 Å². The third-order valence-electron chi connectivity index (χ3n) is 10.3. The largest absolute Gasteiger partial charge is 0.393 e. The van der Waals surface area contributed by atoms with Gasteiger partial charge in [-0.3, -0.25) is 0 Å². The number of aliphatic hydroxyl groups is 1. The van der Waals surface area contributed by atoms with Gasteiger partial charge < -0.3 is 5.11 Å². The SMILES string of the molecule is CC(C)CCC[C@@H](C)[C@H]1CC[C@H]2[C@H]3CC=C4C[C@@H](O)CC[C@]4(C)[C@@H]3CC[C@]12C. The average Bonchev–Trinajstić information content (AvgIpc) is 2.99. The van der Waals surface area contributed by atoms with E-state index in [9.17, 15) is 5.11 Å². The van der Waals surface area contributed by atoms with Crippen LogP contribution in [0.4, 0.5) is 0 Å². The molecule has 0 heterocycles. The number of fused-ring (bicyclic) bond motifs is 5. The summed E-state index contributed by atoms with van der Waals surface area (Å²) < 4.78 is 0. The second kappa shape index (κ2) is 7.75. The zero-order valence-corrected chi connectivity index (χ0v) is 19.3. The van der Waals surface area contributed by atoms with Crippen molar-refractivity contribution in [3.05, 3.63) is 11.6 Å². The molecule has 0 saturated heterocycles. The molecular formula is C27H46O. The van der Waals surface area contributed by atoms with Crippen LogP contribution >= 0.6 is 0 Å². The van der Waals surface area contributed by atoms with E-state index in [0.717, 1.165) is 48.3 Å². The fraction of sp³-hybridized carbons (Fsp3) is 0.926. The Morgan fingerprint density at radius 3 is 2.54 bits per heavy atom. The molecule has 4 aliphatic rings. The van der Waals surface area contributed by atoms with E-state index >= 15 is 0 Å². The highest BCUT2D eigenvalue weighted by Crippen LogP contribution is 2.67. The molecule has 0 aromatic carbocycles. The van der Waals surface area contributed by atoms with Crippen LogP contribution in [0.2, 0.25) is 0 Å². The summed E-state index contributed by atoms with van der Waals surface area (Å²) in [6, 6.07) is 0. The maximum atomic E-state index is 10.2. The first kappa shape index (κ1) is 21.0. The van der Waals surface area contributed by atoms with Gasteiger partial charge in [-0.1, -0.05) is 65.5 Å². The van der Waals surface area contributed by atoms with Crippen LogP contribution < -0.4 is 0 Å². The van der Waals surface area contributed by atoms with Crippen molar-refractivity contribution in [2.45, 2.75) is 111 Å². The molecule has 1 heteroatoms. The Balaban J connectivity index is 1.49. The predicted molar refractivity (Wildman–Crippen MR) is 119 cm³/mol. The Hall–Kier alpha value is -0.300. The van der Waals surface area contributed by atoms with Gasteiger partial charge in [-0.15, -0.1) is 0 Å². The Kier molecular flexibility index (Phi) is 5.80. The van der Waals surface area contributed by atoms with Crippen LogP contribution in [0.15, 0.2) is 11.6 Å². The van der Waals surface area contributed by atoms with Crippen molar-refractivity contribution in [2.24, 2.45) is 46.3 Å². The summed E-state index contributed by atoms with van der Waals surface area (Å²) in [7, 11) is 0. The molecule has 3 fully saturated rings. The lowest BCUT2D eigenvalue weighted by molar-refractivity contribution is -0.0573. The lowest BCUT2D eigenvalue weighted by atomic mass is 9.47. The van der Waals surface area contributed by atoms with Gasteiger partial charge >= 0.3 is 0 Å². The van der Waals surface area contributed by atoms with Gasteiger partial charge in [-0.25, -0.2) is 0 Å². The molecule has 0 amide bonds. The third-order valence-corrected chi connectivity index (χ3v) is 10.3. The van der Waals surface area contributed by atoms with Crippen molar-refractivity contribution in [1.82, 2.24) is 0 Å². The summed E-state index contributed by atoms with van der Waals surface area (Å²) in [6.45, 7) is 12.6. The second-order valence-corrected chi connectivity index (χ2v) is 12.2. The number of aliphatic hydroxyl groups excluding tert-OH is 1. The van der Waals surface area contributed by atoms with Crippen LogP contribution in [0.1, 0.15) is 105 Å². The first-order valence-corrected chi connectivity index (χ1v) is 12.6.